The fourth-order valence-electron chi connectivity index (χ4n) is 1.86. The molecule has 0 heterocycles. The molecule has 1 aromatic carbocycles. The molecule has 1 aromatic rings. The zero-order chi connectivity index (χ0) is 14.3. The summed E-state index contributed by atoms with van der Waals surface area (Å²) < 4.78 is 10.3. The molecule has 5 heteroatoms. The SMILES string of the molecule is COCC(CCN)NC(=O)c1cc(C)ccc1OC. The van der Waals surface area contributed by atoms with Crippen molar-refractivity contribution in [1.82, 2.24) is 5.32 Å². The average Bonchev–Trinajstić information content (AvgIpc) is 2.39. The van der Waals surface area contributed by atoms with E-state index >= 15 is 0 Å². The van der Waals surface area contributed by atoms with Crippen LogP contribution in [0.15, 0.2) is 18.2 Å². The molecule has 0 fully saturated rings. The number of ether oxygens (including phenoxy) is 2. The van der Waals surface area contributed by atoms with E-state index in [4.69, 9.17) is 15.2 Å². The maximum atomic E-state index is 12.2. The Bertz CT molecular complexity index is 415. The second kappa shape index (κ2) is 7.76. The molecule has 1 amide bonds. The quantitative estimate of drug-likeness (QED) is 0.775. The fourth-order valence-corrected chi connectivity index (χ4v) is 1.86. The van der Waals surface area contributed by atoms with Gasteiger partial charge in [0.1, 0.15) is 5.75 Å². The van der Waals surface area contributed by atoms with Gasteiger partial charge in [0, 0.05) is 7.11 Å². The summed E-state index contributed by atoms with van der Waals surface area (Å²) in [5, 5.41) is 2.91. The number of aryl methyl sites for hydroxylation is 1. The van der Waals surface area contributed by atoms with E-state index in [1.807, 2.05) is 13.0 Å². The van der Waals surface area contributed by atoms with E-state index in [0.29, 0.717) is 30.9 Å². The van der Waals surface area contributed by atoms with Crippen molar-refractivity contribution in [3.8, 4) is 5.75 Å². The van der Waals surface area contributed by atoms with E-state index in [2.05, 4.69) is 5.32 Å². The van der Waals surface area contributed by atoms with E-state index in [0.717, 1.165) is 5.56 Å². The third kappa shape index (κ3) is 4.54. The molecule has 1 unspecified atom stereocenters. The summed E-state index contributed by atoms with van der Waals surface area (Å²) in [4.78, 5) is 12.2. The lowest BCUT2D eigenvalue weighted by molar-refractivity contribution is 0.0890. The first-order chi connectivity index (χ1) is 9.12. The molecule has 0 aromatic heterocycles. The molecule has 0 radical (unpaired) electrons. The van der Waals surface area contributed by atoms with Gasteiger partial charge in [-0.15, -0.1) is 0 Å². The van der Waals surface area contributed by atoms with E-state index in [-0.39, 0.29) is 11.9 Å². The molecule has 0 saturated carbocycles. The predicted octanol–water partition coefficient (Wildman–Crippen LogP) is 1.10. The van der Waals surface area contributed by atoms with Crippen molar-refractivity contribution in [2.75, 3.05) is 27.4 Å². The van der Waals surface area contributed by atoms with Crippen molar-refractivity contribution in [1.29, 1.82) is 0 Å². The van der Waals surface area contributed by atoms with Crippen molar-refractivity contribution in [3.63, 3.8) is 0 Å². The molecule has 0 saturated heterocycles. The first kappa shape index (κ1) is 15.5. The topological polar surface area (TPSA) is 73.6 Å². The number of hydrogen-bond donors (Lipinski definition) is 2. The number of rotatable bonds is 7. The fraction of sp³-hybridized carbons (Fsp3) is 0.500. The summed E-state index contributed by atoms with van der Waals surface area (Å²) in [6.45, 7) is 2.87. The summed E-state index contributed by atoms with van der Waals surface area (Å²) in [6, 6.07) is 5.41. The summed E-state index contributed by atoms with van der Waals surface area (Å²) in [7, 11) is 3.15. The highest BCUT2D eigenvalue weighted by molar-refractivity contribution is 5.97. The van der Waals surface area contributed by atoms with Crippen LogP contribution in [0, 0.1) is 6.92 Å². The van der Waals surface area contributed by atoms with Crippen molar-refractivity contribution < 1.29 is 14.3 Å². The number of nitrogens with two attached hydrogens (primary N) is 1. The minimum absolute atomic E-state index is 0.0901. The Morgan fingerprint density at radius 1 is 1.42 bits per heavy atom. The lowest BCUT2D eigenvalue weighted by Gasteiger charge is -2.18. The Morgan fingerprint density at radius 3 is 2.74 bits per heavy atom. The zero-order valence-electron chi connectivity index (χ0n) is 11.7. The zero-order valence-corrected chi connectivity index (χ0v) is 11.7. The van der Waals surface area contributed by atoms with Gasteiger partial charge in [-0.3, -0.25) is 4.79 Å². The Hall–Kier alpha value is -1.59. The van der Waals surface area contributed by atoms with Crippen LogP contribution in [-0.2, 0) is 4.74 Å². The van der Waals surface area contributed by atoms with Crippen LogP contribution in [0.5, 0.6) is 5.75 Å². The van der Waals surface area contributed by atoms with Crippen LogP contribution >= 0.6 is 0 Å². The lowest BCUT2D eigenvalue weighted by Crippen LogP contribution is -2.39. The molecule has 1 atom stereocenters. The number of amides is 1. The van der Waals surface area contributed by atoms with E-state index in [9.17, 15) is 4.79 Å². The van der Waals surface area contributed by atoms with Crippen molar-refractivity contribution in [3.05, 3.63) is 29.3 Å². The molecule has 0 aliphatic carbocycles. The Kier molecular flexibility index (Phi) is 6.32. The summed E-state index contributed by atoms with van der Waals surface area (Å²) in [5.41, 5.74) is 7.06. The molecular weight excluding hydrogens is 244 g/mol. The molecular formula is C14H22N2O3. The first-order valence-corrected chi connectivity index (χ1v) is 6.26. The average molecular weight is 266 g/mol. The van der Waals surface area contributed by atoms with Gasteiger partial charge < -0.3 is 20.5 Å². The third-order valence-corrected chi connectivity index (χ3v) is 2.82. The highest BCUT2D eigenvalue weighted by Gasteiger charge is 2.16. The van der Waals surface area contributed by atoms with E-state index in [1.54, 1.807) is 26.4 Å². The maximum Gasteiger partial charge on any atom is 0.255 e. The highest BCUT2D eigenvalue weighted by Crippen LogP contribution is 2.19. The van der Waals surface area contributed by atoms with Crippen molar-refractivity contribution in [2.24, 2.45) is 5.73 Å². The number of methoxy groups -OCH3 is 2. The Morgan fingerprint density at radius 2 is 2.16 bits per heavy atom. The Labute approximate surface area is 114 Å². The van der Waals surface area contributed by atoms with E-state index in [1.165, 1.54) is 0 Å². The van der Waals surface area contributed by atoms with Crippen LogP contribution in [0.4, 0.5) is 0 Å². The monoisotopic (exact) mass is 266 g/mol. The second-order valence-electron chi connectivity index (χ2n) is 4.41. The predicted molar refractivity (Wildman–Crippen MR) is 74.5 cm³/mol. The number of benzene rings is 1. The normalized spacial score (nSPS) is 12.0. The van der Waals surface area contributed by atoms with Crippen LogP contribution < -0.4 is 15.8 Å². The smallest absolute Gasteiger partial charge is 0.255 e. The minimum atomic E-state index is -0.170. The van der Waals surface area contributed by atoms with Crippen LogP contribution in [0.25, 0.3) is 0 Å². The van der Waals surface area contributed by atoms with Gasteiger partial charge in [0.2, 0.25) is 0 Å². The lowest BCUT2D eigenvalue weighted by atomic mass is 10.1. The van der Waals surface area contributed by atoms with Gasteiger partial charge in [0.15, 0.2) is 0 Å². The molecule has 0 bridgehead atoms. The summed E-state index contributed by atoms with van der Waals surface area (Å²) in [6.07, 6.45) is 0.674. The Balaban J connectivity index is 2.83. The third-order valence-electron chi connectivity index (χ3n) is 2.82. The van der Waals surface area contributed by atoms with E-state index < -0.39 is 0 Å². The molecule has 0 aliphatic heterocycles. The standard InChI is InChI=1S/C14H22N2O3/c1-10-4-5-13(19-3)12(8-10)14(17)16-11(6-7-15)9-18-2/h4-5,8,11H,6-7,9,15H2,1-3H3,(H,16,17). The molecule has 1 rings (SSSR count). The summed E-state index contributed by atoms with van der Waals surface area (Å²) in [5.74, 6) is 0.392. The number of hydrogen-bond acceptors (Lipinski definition) is 4. The van der Waals surface area contributed by atoms with Gasteiger partial charge in [-0.2, -0.15) is 0 Å². The number of carbonyl (C=O) groups excluding carboxylic acids is 1. The highest BCUT2D eigenvalue weighted by atomic mass is 16.5. The molecule has 3 N–H and O–H groups in total. The maximum absolute atomic E-state index is 12.2. The molecule has 5 nitrogen and oxygen atoms in total. The van der Waals surface area contributed by atoms with Gasteiger partial charge in [-0.05, 0) is 32.0 Å². The number of nitrogens with one attached hydrogen (secondary N) is 1. The van der Waals surface area contributed by atoms with Gasteiger partial charge in [0.25, 0.3) is 5.91 Å². The largest absolute Gasteiger partial charge is 0.496 e. The first-order valence-electron chi connectivity index (χ1n) is 6.26. The van der Waals surface area contributed by atoms with Crippen LogP contribution in [0.1, 0.15) is 22.3 Å². The van der Waals surface area contributed by atoms with Crippen LogP contribution in [0.2, 0.25) is 0 Å². The number of carbonyl (C=O) groups is 1. The summed E-state index contributed by atoms with van der Waals surface area (Å²) >= 11 is 0. The van der Waals surface area contributed by atoms with Gasteiger partial charge >= 0.3 is 0 Å². The minimum Gasteiger partial charge on any atom is -0.496 e. The van der Waals surface area contributed by atoms with Crippen LogP contribution in [0.3, 0.4) is 0 Å². The second-order valence-corrected chi connectivity index (χ2v) is 4.41. The van der Waals surface area contributed by atoms with Gasteiger partial charge in [-0.1, -0.05) is 11.6 Å². The molecule has 19 heavy (non-hydrogen) atoms. The van der Waals surface area contributed by atoms with Gasteiger partial charge in [-0.25, -0.2) is 0 Å². The van der Waals surface area contributed by atoms with Crippen molar-refractivity contribution in [2.45, 2.75) is 19.4 Å². The molecule has 0 aliphatic rings. The van der Waals surface area contributed by atoms with Crippen molar-refractivity contribution >= 4 is 5.91 Å². The molecule has 0 spiro atoms. The molecule has 106 valence electrons. The van der Waals surface area contributed by atoms with Gasteiger partial charge in [0.05, 0.1) is 25.3 Å². The van der Waals surface area contributed by atoms with Crippen LogP contribution in [-0.4, -0.2) is 39.3 Å².